The molecule has 0 bridgehead atoms. The highest BCUT2D eigenvalue weighted by Crippen LogP contribution is 2.36. The van der Waals surface area contributed by atoms with E-state index < -0.39 is 0 Å². The second kappa shape index (κ2) is 8.40. The summed E-state index contributed by atoms with van der Waals surface area (Å²) in [6, 6.07) is 36.7. The highest BCUT2D eigenvalue weighted by Gasteiger charge is 2.12. The molecule has 0 aliphatic rings. The Bertz CT molecular complexity index is 1280. The number of nitrogens with zero attached hydrogens (tertiary/aromatic N) is 1. The molecule has 0 aliphatic carbocycles. The fraction of sp³-hybridized carbons (Fsp3) is 0. The number of pyridine rings is 1. The fourth-order valence-electron chi connectivity index (χ4n) is 3.84. The number of aromatic hydroxyl groups is 2. The summed E-state index contributed by atoms with van der Waals surface area (Å²) in [6.45, 7) is 0. The zero-order valence-electron chi connectivity index (χ0n) is 17.3. The molecule has 1 aromatic heterocycles. The van der Waals surface area contributed by atoms with Gasteiger partial charge in [-0.05, 0) is 58.7 Å². The van der Waals surface area contributed by atoms with Crippen LogP contribution in [0.5, 0.6) is 11.5 Å². The summed E-state index contributed by atoms with van der Waals surface area (Å²) >= 11 is 0. The van der Waals surface area contributed by atoms with Crippen LogP contribution in [0.25, 0.3) is 44.8 Å². The Kier molecular flexibility index (Phi) is 5.14. The van der Waals surface area contributed by atoms with Crippen LogP contribution in [0.15, 0.2) is 115 Å². The van der Waals surface area contributed by atoms with Crippen molar-refractivity contribution in [2.24, 2.45) is 0 Å². The molecule has 3 heteroatoms. The van der Waals surface area contributed by atoms with Crippen molar-refractivity contribution in [3.05, 3.63) is 115 Å². The van der Waals surface area contributed by atoms with Gasteiger partial charge in [0.25, 0.3) is 0 Å². The van der Waals surface area contributed by atoms with Crippen LogP contribution in [0.3, 0.4) is 0 Å². The predicted octanol–water partition coefficient (Wildman–Crippen LogP) is 7.16. The summed E-state index contributed by atoms with van der Waals surface area (Å²) in [6.07, 6.45) is 0. The second-order valence-electron chi connectivity index (χ2n) is 7.60. The Balaban J connectivity index is 1.58. The molecule has 0 radical (unpaired) electrons. The molecule has 154 valence electrons. The maximum absolute atomic E-state index is 10.6. The zero-order valence-corrected chi connectivity index (χ0v) is 17.3. The zero-order chi connectivity index (χ0) is 21.9. The van der Waals surface area contributed by atoms with Gasteiger partial charge in [-0.25, -0.2) is 4.98 Å². The first kappa shape index (κ1) is 19.6. The molecule has 0 amide bonds. The van der Waals surface area contributed by atoms with E-state index in [1.165, 1.54) is 0 Å². The van der Waals surface area contributed by atoms with E-state index in [9.17, 15) is 10.2 Å². The molecule has 0 saturated heterocycles. The van der Waals surface area contributed by atoms with E-state index in [4.69, 9.17) is 4.98 Å². The molecule has 1 heterocycles. The lowest BCUT2D eigenvalue weighted by Crippen LogP contribution is -1.90. The van der Waals surface area contributed by atoms with Crippen LogP contribution in [-0.4, -0.2) is 15.2 Å². The normalized spacial score (nSPS) is 10.8. The molecule has 3 nitrogen and oxygen atoms in total. The van der Waals surface area contributed by atoms with E-state index in [2.05, 4.69) is 0 Å². The second-order valence-corrected chi connectivity index (χ2v) is 7.60. The molecule has 0 unspecified atom stereocenters. The largest absolute Gasteiger partial charge is 0.507 e. The van der Waals surface area contributed by atoms with Gasteiger partial charge in [-0.3, -0.25) is 0 Å². The molecule has 4 aromatic carbocycles. The average molecular weight is 415 g/mol. The van der Waals surface area contributed by atoms with Gasteiger partial charge in [0.05, 0.1) is 11.4 Å². The number of phenols is 2. The minimum atomic E-state index is 0.164. The van der Waals surface area contributed by atoms with E-state index in [0.29, 0.717) is 22.5 Å². The van der Waals surface area contributed by atoms with Crippen LogP contribution in [0.4, 0.5) is 0 Å². The predicted molar refractivity (Wildman–Crippen MR) is 129 cm³/mol. The fourth-order valence-corrected chi connectivity index (χ4v) is 3.84. The molecule has 5 rings (SSSR count). The van der Waals surface area contributed by atoms with Crippen LogP contribution < -0.4 is 0 Å². The Hall–Kier alpha value is -4.37. The Morgan fingerprint density at radius 3 is 1.28 bits per heavy atom. The SMILES string of the molecule is Oc1ccc(-c2ccccc2)cc1-c1cccc(-c2cc(-c3ccccc3)ccc2O)n1. The summed E-state index contributed by atoms with van der Waals surface area (Å²) in [5.74, 6) is 0.327. The molecule has 0 fully saturated rings. The van der Waals surface area contributed by atoms with Crippen LogP contribution >= 0.6 is 0 Å². The smallest absolute Gasteiger partial charge is 0.125 e. The first-order valence-electron chi connectivity index (χ1n) is 10.4. The minimum Gasteiger partial charge on any atom is -0.507 e. The Morgan fingerprint density at radius 1 is 0.406 bits per heavy atom. The van der Waals surface area contributed by atoms with Gasteiger partial charge in [0.2, 0.25) is 0 Å². The van der Waals surface area contributed by atoms with Gasteiger partial charge in [0.15, 0.2) is 0 Å². The van der Waals surface area contributed by atoms with Gasteiger partial charge >= 0.3 is 0 Å². The van der Waals surface area contributed by atoms with Crippen LogP contribution in [0.1, 0.15) is 0 Å². The topological polar surface area (TPSA) is 53.4 Å². The van der Waals surface area contributed by atoms with Crippen LogP contribution in [0, 0.1) is 0 Å². The van der Waals surface area contributed by atoms with Gasteiger partial charge in [0.1, 0.15) is 11.5 Å². The van der Waals surface area contributed by atoms with Crippen molar-refractivity contribution < 1.29 is 10.2 Å². The Labute approximate surface area is 186 Å². The van der Waals surface area contributed by atoms with E-state index in [1.807, 2.05) is 103 Å². The van der Waals surface area contributed by atoms with Crippen molar-refractivity contribution in [2.75, 3.05) is 0 Å². The van der Waals surface area contributed by atoms with Crippen LogP contribution in [0.2, 0.25) is 0 Å². The monoisotopic (exact) mass is 415 g/mol. The standard InChI is InChI=1S/C29H21NO2/c31-28-16-14-22(20-8-3-1-4-9-20)18-24(28)26-12-7-13-27(30-26)25-19-23(15-17-29(25)32)21-10-5-2-6-11-21/h1-19,31-32H. The van der Waals surface area contributed by atoms with Crippen molar-refractivity contribution in [3.8, 4) is 56.3 Å². The van der Waals surface area contributed by atoms with Crippen molar-refractivity contribution in [3.63, 3.8) is 0 Å². The summed E-state index contributed by atoms with van der Waals surface area (Å²) in [5, 5.41) is 21.1. The first-order chi connectivity index (χ1) is 15.7. The number of benzene rings is 4. The van der Waals surface area contributed by atoms with Crippen LogP contribution in [-0.2, 0) is 0 Å². The molecule has 0 saturated carbocycles. The molecule has 0 spiro atoms. The van der Waals surface area contributed by atoms with Crippen molar-refractivity contribution >= 4 is 0 Å². The van der Waals surface area contributed by atoms with E-state index in [0.717, 1.165) is 22.3 Å². The lowest BCUT2D eigenvalue weighted by atomic mass is 9.99. The first-order valence-corrected chi connectivity index (χ1v) is 10.4. The number of phenolic OH excluding ortho intramolecular Hbond substituents is 2. The lowest BCUT2D eigenvalue weighted by molar-refractivity contribution is 0.477. The molecular formula is C29H21NO2. The highest BCUT2D eigenvalue weighted by molar-refractivity contribution is 5.79. The number of hydrogen-bond donors (Lipinski definition) is 2. The molecular weight excluding hydrogens is 394 g/mol. The summed E-state index contributed by atoms with van der Waals surface area (Å²) in [4.78, 5) is 4.78. The molecule has 0 atom stereocenters. The van der Waals surface area contributed by atoms with E-state index in [-0.39, 0.29) is 11.5 Å². The summed E-state index contributed by atoms with van der Waals surface area (Å²) in [7, 11) is 0. The van der Waals surface area contributed by atoms with E-state index in [1.54, 1.807) is 12.1 Å². The van der Waals surface area contributed by atoms with Gasteiger partial charge in [-0.2, -0.15) is 0 Å². The average Bonchev–Trinajstić information content (AvgIpc) is 2.86. The highest BCUT2D eigenvalue weighted by atomic mass is 16.3. The maximum atomic E-state index is 10.6. The van der Waals surface area contributed by atoms with Gasteiger partial charge in [0, 0.05) is 11.1 Å². The third-order valence-electron chi connectivity index (χ3n) is 5.51. The van der Waals surface area contributed by atoms with Crippen molar-refractivity contribution in [1.29, 1.82) is 0 Å². The van der Waals surface area contributed by atoms with Gasteiger partial charge in [-0.1, -0.05) is 78.9 Å². The molecule has 0 aliphatic heterocycles. The van der Waals surface area contributed by atoms with Gasteiger partial charge in [-0.15, -0.1) is 0 Å². The van der Waals surface area contributed by atoms with Crippen molar-refractivity contribution in [1.82, 2.24) is 4.98 Å². The number of hydrogen-bond acceptors (Lipinski definition) is 3. The number of rotatable bonds is 4. The molecule has 2 N–H and O–H groups in total. The van der Waals surface area contributed by atoms with Gasteiger partial charge < -0.3 is 10.2 Å². The molecule has 5 aromatic rings. The summed E-state index contributed by atoms with van der Waals surface area (Å²) in [5.41, 5.74) is 6.71. The third kappa shape index (κ3) is 3.84. The van der Waals surface area contributed by atoms with Crippen molar-refractivity contribution in [2.45, 2.75) is 0 Å². The Morgan fingerprint density at radius 2 is 0.844 bits per heavy atom. The number of aromatic nitrogens is 1. The quantitative estimate of drug-likeness (QED) is 0.327. The third-order valence-corrected chi connectivity index (χ3v) is 5.51. The molecule has 32 heavy (non-hydrogen) atoms. The summed E-state index contributed by atoms with van der Waals surface area (Å²) < 4.78 is 0. The lowest BCUT2D eigenvalue weighted by Gasteiger charge is -2.11. The van der Waals surface area contributed by atoms with E-state index >= 15 is 0 Å². The minimum absolute atomic E-state index is 0.164. The maximum Gasteiger partial charge on any atom is 0.125 e.